The second-order valence-electron chi connectivity index (χ2n) is 10.5. The van der Waals surface area contributed by atoms with Gasteiger partial charge in [-0.25, -0.2) is 0 Å². The number of aryl methyl sites for hydroxylation is 4. The van der Waals surface area contributed by atoms with E-state index in [1.165, 1.54) is 81.3 Å². The number of rotatable bonds is 8. The molecule has 0 N–H and O–H groups in total. The molecule has 0 bridgehead atoms. The van der Waals surface area contributed by atoms with Gasteiger partial charge in [0, 0.05) is 0 Å². The number of benzene rings is 4. The van der Waals surface area contributed by atoms with Crippen LogP contribution in [0, 0.1) is 13.8 Å². The van der Waals surface area contributed by atoms with Crippen molar-refractivity contribution < 1.29 is 0 Å². The minimum Gasteiger partial charge on any atom is -0.0654 e. The van der Waals surface area contributed by atoms with Gasteiger partial charge in [-0.15, -0.1) is 0 Å². The van der Waals surface area contributed by atoms with E-state index < -0.39 is 0 Å². The second-order valence-corrected chi connectivity index (χ2v) is 10.5. The van der Waals surface area contributed by atoms with Crippen LogP contribution in [0.3, 0.4) is 0 Å². The third kappa shape index (κ3) is 4.14. The summed E-state index contributed by atoms with van der Waals surface area (Å²) in [7, 11) is 0. The maximum absolute atomic E-state index is 2.49. The summed E-state index contributed by atoms with van der Waals surface area (Å²) in [5, 5.41) is 0. The van der Waals surface area contributed by atoms with Gasteiger partial charge in [0.1, 0.15) is 0 Å². The lowest BCUT2D eigenvalue weighted by Gasteiger charge is -2.34. The SMILES string of the molecule is CCCCc1cccc(C2(c3cccc(CCCC)c3)c3ccc(C)cc3-c3cc(C)ccc32)c1. The van der Waals surface area contributed by atoms with Crippen LogP contribution in [0.25, 0.3) is 11.1 Å². The molecule has 0 amide bonds. The van der Waals surface area contributed by atoms with Crippen LogP contribution in [-0.2, 0) is 18.3 Å². The molecule has 0 heterocycles. The zero-order chi connectivity index (χ0) is 24.4. The molecule has 0 aromatic heterocycles. The Kier molecular flexibility index (Phi) is 6.65. The first-order valence-electron chi connectivity index (χ1n) is 13.5. The summed E-state index contributed by atoms with van der Waals surface area (Å²) in [5.74, 6) is 0. The van der Waals surface area contributed by atoms with Gasteiger partial charge in [0.05, 0.1) is 5.41 Å². The standard InChI is InChI=1S/C35H38/c1-5-7-11-27-13-9-15-29(23-27)35(30-16-10-14-28(24-30)12-8-6-2)33-19-17-25(3)21-31(33)32-22-26(4)18-20-34(32)35/h9-10,13-24H,5-8,11-12H2,1-4H3. The molecule has 0 atom stereocenters. The van der Waals surface area contributed by atoms with Gasteiger partial charge < -0.3 is 0 Å². The van der Waals surface area contributed by atoms with Crippen molar-refractivity contribution in [1.82, 2.24) is 0 Å². The quantitative estimate of drug-likeness (QED) is 0.217. The van der Waals surface area contributed by atoms with Crippen LogP contribution in [0.4, 0.5) is 0 Å². The van der Waals surface area contributed by atoms with E-state index in [1.807, 2.05) is 0 Å². The lowest BCUT2D eigenvalue weighted by Crippen LogP contribution is -2.29. The molecule has 1 aliphatic carbocycles. The van der Waals surface area contributed by atoms with Crippen molar-refractivity contribution in [3.63, 3.8) is 0 Å². The Morgan fingerprint density at radius 1 is 0.543 bits per heavy atom. The Morgan fingerprint density at radius 3 is 1.43 bits per heavy atom. The van der Waals surface area contributed by atoms with E-state index in [4.69, 9.17) is 0 Å². The van der Waals surface area contributed by atoms with E-state index in [1.54, 1.807) is 0 Å². The number of hydrogen-bond acceptors (Lipinski definition) is 0. The summed E-state index contributed by atoms with van der Waals surface area (Å²) in [4.78, 5) is 0. The summed E-state index contributed by atoms with van der Waals surface area (Å²) in [6.45, 7) is 8.99. The Labute approximate surface area is 212 Å². The Hall–Kier alpha value is -3.12. The van der Waals surface area contributed by atoms with Gasteiger partial charge in [-0.2, -0.15) is 0 Å². The normalized spacial score (nSPS) is 13.5. The number of hydrogen-bond donors (Lipinski definition) is 0. The van der Waals surface area contributed by atoms with E-state index in [2.05, 4.69) is 113 Å². The van der Waals surface area contributed by atoms with Crippen molar-refractivity contribution in [3.8, 4) is 11.1 Å². The zero-order valence-corrected chi connectivity index (χ0v) is 21.8. The average Bonchev–Trinajstić information content (AvgIpc) is 3.16. The molecule has 0 aliphatic heterocycles. The summed E-state index contributed by atoms with van der Waals surface area (Å²) in [6, 6.07) is 33.1. The highest BCUT2D eigenvalue weighted by Gasteiger charge is 2.46. The number of fused-ring (bicyclic) bond motifs is 3. The van der Waals surface area contributed by atoms with Crippen molar-refractivity contribution >= 4 is 0 Å². The largest absolute Gasteiger partial charge is 0.0713 e. The van der Waals surface area contributed by atoms with Crippen LogP contribution in [-0.4, -0.2) is 0 Å². The van der Waals surface area contributed by atoms with Gasteiger partial charge in [0.25, 0.3) is 0 Å². The molecule has 4 aromatic rings. The molecule has 0 nitrogen and oxygen atoms in total. The molecular weight excluding hydrogens is 420 g/mol. The highest BCUT2D eigenvalue weighted by atomic mass is 14.5. The predicted octanol–water partition coefficient (Wildman–Crippen LogP) is 9.35. The molecule has 0 spiro atoms. The molecule has 5 rings (SSSR count). The molecule has 4 aromatic carbocycles. The average molecular weight is 459 g/mol. The summed E-state index contributed by atoms with van der Waals surface area (Å²) < 4.78 is 0. The summed E-state index contributed by atoms with van der Waals surface area (Å²) in [6.07, 6.45) is 7.18. The lowest BCUT2D eigenvalue weighted by atomic mass is 9.67. The van der Waals surface area contributed by atoms with Crippen LogP contribution in [0.1, 0.15) is 84.0 Å². The fourth-order valence-electron chi connectivity index (χ4n) is 6.03. The van der Waals surface area contributed by atoms with Crippen molar-refractivity contribution in [2.75, 3.05) is 0 Å². The number of unbranched alkanes of at least 4 members (excludes halogenated alkanes) is 2. The van der Waals surface area contributed by atoms with E-state index >= 15 is 0 Å². The van der Waals surface area contributed by atoms with Crippen molar-refractivity contribution in [2.24, 2.45) is 0 Å². The minimum atomic E-state index is -0.295. The van der Waals surface area contributed by atoms with Crippen molar-refractivity contribution in [2.45, 2.75) is 71.6 Å². The molecular formula is C35H38. The summed E-state index contributed by atoms with van der Waals surface area (Å²) >= 11 is 0. The molecule has 178 valence electrons. The fraction of sp³-hybridized carbons (Fsp3) is 0.314. The second kappa shape index (κ2) is 9.86. The maximum atomic E-state index is 2.49. The van der Waals surface area contributed by atoms with E-state index in [-0.39, 0.29) is 5.41 Å². The maximum Gasteiger partial charge on any atom is 0.0713 e. The molecule has 0 unspecified atom stereocenters. The fourth-order valence-corrected chi connectivity index (χ4v) is 6.03. The van der Waals surface area contributed by atoms with Gasteiger partial charge in [-0.1, -0.05) is 123 Å². The summed E-state index contributed by atoms with van der Waals surface area (Å²) in [5.41, 5.74) is 13.6. The van der Waals surface area contributed by atoms with Crippen LogP contribution in [0.15, 0.2) is 84.9 Å². The molecule has 0 fully saturated rings. The third-order valence-electron chi connectivity index (χ3n) is 7.81. The zero-order valence-electron chi connectivity index (χ0n) is 21.8. The lowest BCUT2D eigenvalue weighted by molar-refractivity contribution is 0.749. The minimum absolute atomic E-state index is 0.295. The Morgan fingerprint density at radius 2 is 1.00 bits per heavy atom. The van der Waals surface area contributed by atoms with E-state index in [0.29, 0.717) is 0 Å². The van der Waals surface area contributed by atoms with Gasteiger partial charge in [0.2, 0.25) is 0 Å². The van der Waals surface area contributed by atoms with Crippen molar-refractivity contribution in [1.29, 1.82) is 0 Å². The van der Waals surface area contributed by atoms with Gasteiger partial charge in [-0.3, -0.25) is 0 Å². The van der Waals surface area contributed by atoms with E-state index in [9.17, 15) is 0 Å². The first kappa shape index (κ1) is 23.6. The topological polar surface area (TPSA) is 0 Å². The molecule has 0 heteroatoms. The molecule has 0 saturated carbocycles. The van der Waals surface area contributed by atoms with Crippen LogP contribution < -0.4 is 0 Å². The molecule has 35 heavy (non-hydrogen) atoms. The highest BCUT2D eigenvalue weighted by Crippen LogP contribution is 2.56. The third-order valence-corrected chi connectivity index (χ3v) is 7.81. The van der Waals surface area contributed by atoms with E-state index in [0.717, 1.165) is 12.8 Å². The monoisotopic (exact) mass is 458 g/mol. The first-order valence-corrected chi connectivity index (χ1v) is 13.5. The smallest absolute Gasteiger partial charge is 0.0654 e. The van der Waals surface area contributed by atoms with Gasteiger partial charge >= 0.3 is 0 Å². The molecule has 1 aliphatic rings. The van der Waals surface area contributed by atoms with Gasteiger partial charge in [0.15, 0.2) is 0 Å². The molecule has 0 radical (unpaired) electrons. The Bertz CT molecular complexity index is 1240. The van der Waals surface area contributed by atoms with Crippen LogP contribution >= 0.6 is 0 Å². The van der Waals surface area contributed by atoms with Crippen LogP contribution in [0.5, 0.6) is 0 Å². The Balaban J connectivity index is 1.84. The van der Waals surface area contributed by atoms with Crippen molar-refractivity contribution in [3.05, 3.63) is 129 Å². The first-order chi connectivity index (χ1) is 17.1. The predicted molar refractivity (Wildman–Crippen MR) is 150 cm³/mol. The molecule has 0 saturated heterocycles. The van der Waals surface area contributed by atoms with Gasteiger partial charge in [-0.05, 0) is 84.0 Å². The van der Waals surface area contributed by atoms with Crippen LogP contribution in [0.2, 0.25) is 0 Å². The highest BCUT2D eigenvalue weighted by molar-refractivity contribution is 5.87.